The molecule has 0 amide bonds. The standard InChI is InChI=1S/C8H9NO.ClH/c1-10-8(9)7-5-3-2-4-6-7;/h2-6,9H,1H3;1H. The summed E-state index contributed by atoms with van der Waals surface area (Å²) in [4.78, 5) is 0. The van der Waals surface area contributed by atoms with Gasteiger partial charge in [-0.1, -0.05) is 18.2 Å². The lowest BCUT2D eigenvalue weighted by Crippen LogP contribution is -3.00. The van der Waals surface area contributed by atoms with Gasteiger partial charge in [0.05, 0.1) is 7.11 Å². The first-order chi connectivity index (χ1) is 4.84. The molecular weight excluding hydrogens is 162 g/mol. The monoisotopic (exact) mass is 171 g/mol. The van der Waals surface area contributed by atoms with E-state index in [1.165, 1.54) is 7.11 Å². The van der Waals surface area contributed by atoms with Crippen LogP contribution in [-0.4, -0.2) is 13.0 Å². The maximum Gasteiger partial charge on any atom is 1.00 e. The van der Waals surface area contributed by atoms with Crippen LogP contribution in [0.15, 0.2) is 30.3 Å². The lowest BCUT2D eigenvalue weighted by molar-refractivity contribution is -0.00000276. The first-order valence-corrected chi connectivity index (χ1v) is 3.02. The largest absolute Gasteiger partial charge is 1.00 e. The minimum Gasteiger partial charge on any atom is -1.00 e. The molecule has 11 heavy (non-hydrogen) atoms. The van der Waals surface area contributed by atoms with Crippen LogP contribution in [0.2, 0.25) is 0 Å². The Balaban J connectivity index is 0. The van der Waals surface area contributed by atoms with Crippen molar-refractivity contribution in [3.05, 3.63) is 35.9 Å². The third kappa shape index (κ3) is 2.60. The molecule has 0 radical (unpaired) electrons. The van der Waals surface area contributed by atoms with E-state index in [2.05, 4.69) is 0 Å². The van der Waals surface area contributed by atoms with E-state index in [1.807, 2.05) is 30.3 Å². The Kier molecular flexibility index (Phi) is 4.30. The zero-order chi connectivity index (χ0) is 7.40. The summed E-state index contributed by atoms with van der Waals surface area (Å²) in [7, 11) is 1.50. The summed E-state index contributed by atoms with van der Waals surface area (Å²) >= 11 is 0. The van der Waals surface area contributed by atoms with Crippen molar-refractivity contribution < 1.29 is 18.6 Å². The Morgan fingerprint density at radius 3 is 2.36 bits per heavy atom. The number of benzene rings is 1. The van der Waals surface area contributed by atoms with E-state index < -0.39 is 0 Å². The molecule has 60 valence electrons. The zero-order valence-electron chi connectivity index (χ0n) is 7.17. The molecular formula is C8H10ClNO. The highest BCUT2D eigenvalue weighted by Gasteiger charge is 1.95. The average molecular weight is 172 g/mol. The maximum absolute atomic E-state index is 7.26. The number of nitrogens with one attached hydrogen (secondary N) is 1. The number of hydrogen-bond acceptors (Lipinski definition) is 2. The van der Waals surface area contributed by atoms with Gasteiger partial charge in [0.1, 0.15) is 0 Å². The van der Waals surface area contributed by atoms with E-state index in [0.717, 1.165) is 5.56 Å². The molecule has 1 N–H and O–H groups in total. The summed E-state index contributed by atoms with van der Waals surface area (Å²) in [5.41, 5.74) is 0.810. The molecule has 0 saturated heterocycles. The molecule has 1 aromatic rings. The van der Waals surface area contributed by atoms with Crippen molar-refractivity contribution in [1.82, 2.24) is 0 Å². The van der Waals surface area contributed by atoms with Crippen LogP contribution in [0.1, 0.15) is 6.99 Å². The fourth-order valence-corrected chi connectivity index (χ4v) is 0.707. The third-order valence-electron chi connectivity index (χ3n) is 1.24. The molecule has 0 spiro atoms. The van der Waals surface area contributed by atoms with Crippen LogP contribution in [0.3, 0.4) is 0 Å². The number of ether oxygens (including phenoxy) is 1. The van der Waals surface area contributed by atoms with Crippen LogP contribution >= 0.6 is 0 Å². The van der Waals surface area contributed by atoms with Crippen molar-refractivity contribution in [3.63, 3.8) is 0 Å². The van der Waals surface area contributed by atoms with Gasteiger partial charge in [-0.3, -0.25) is 5.41 Å². The summed E-state index contributed by atoms with van der Waals surface area (Å²) < 4.78 is 4.72. The van der Waals surface area contributed by atoms with Crippen LogP contribution in [0.25, 0.3) is 0 Å². The Hall–Kier alpha value is -1.02. The van der Waals surface area contributed by atoms with Crippen molar-refractivity contribution in [3.8, 4) is 0 Å². The second kappa shape index (κ2) is 4.74. The molecule has 0 unspecified atom stereocenters. The normalized spacial score (nSPS) is 8.09. The fraction of sp³-hybridized carbons (Fsp3) is 0.125. The second-order valence-electron chi connectivity index (χ2n) is 1.90. The van der Waals surface area contributed by atoms with Crippen LogP contribution in [-0.2, 0) is 4.74 Å². The van der Waals surface area contributed by atoms with Crippen molar-refractivity contribution in [2.24, 2.45) is 0 Å². The molecule has 0 atom stereocenters. The minimum atomic E-state index is 0. The molecule has 0 aromatic heterocycles. The van der Waals surface area contributed by atoms with E-state index in [-0.39, 0.29) is 19.7 Å². The van der Waals surface area contributed by atoms with E-state index in [0.29, 0.717) is 0 Å². The van der Waals surface area contributed by atoms with Crippen molar-refractivity contribution in [1.29, 1.82) is 5.41 Å². The van der Waals surface area contributed by atoms with Crippen molar-refractivity contribution in [2.75, 3.05) is 7.11 Å². The quantitative estimate of drug-likeness (QED) is 0.417. The van der Waals surface area contributed by atoms with Gasteiger partial charge in [0.25, 0.3) is 0 Å². The second-order valence-corrected chi connectivity index (χ2v) is 1.90. The van der Waals surface area contributed by atoms with Crippen LogP contribution in [0, 0.1) is 5.41 Å². The topological polar surface area (TPSA) is 33.1 Å². The molecule has 0 heterocycles. The first-order valence-electron chi connectivity index (χ1n) is 3.02. The highest BCUT2D eigenvalue weighted by Crippen LogP contribution is 1.98. The molecule has 0 aliphatic heterocycles. The van der Waals surface area contributed by atoms with Crippen LogP contribution < -0.4 is 12.4 Å². The Morgan fingerprint density at radius 2 is 1.91 bits per heavy atom. The average Bonchev–Trinajstić information content (AvgIpc) is 2.05. The Bertz CT molecular complexity index is 228. The molecule has 1 aromatic carbocycles. The van der Waals surface area contributed by atoms with Gasteiger partial charge in [0.15, 0.2) is 0 Å². The van der Waals surface area contributed by atoms with E-state index in [1.54, 1.807) is 0 Å². The lowest BCUT2D eigenvalue weighted by Gasteiger charge is -1.99. The Morgan fingerprint density at radius 1 is 1.36 bits per heavy atom. The summed E-state index contributed by atoms with van der Waals surface area (Å²) in [6, 6.07) is 9.34. The molecule has 3 heteroatoms. The lowest BCUT2D eigenvalue weighted by atomic mass is 10.2. The van der Waals surface area contributed by atoms with E-state index >= 15 is 0 Å². The van der Waals surface area contributed by atoms with Gasteiger partial charge in [0.2, 0.25) is 5.90 Å². The number of rotatable bonds is 1. The SMILES string of the molecule is COC(=N)c1ccccc1.[Cl-].[H+]. The maximum atomic E-state index is 7.26. The van der Waals surface area contributed by atoms with Gasteiger partial charge in [0, 0.05) is 5.56 Å². The minimum absolute atomic E-state index is 0. The summed E-state index contributed by atoms with van der Waals surface area (Å²) in [5.74, 6) is 0.209. The summed E-state index contributed by atoms with van der Waals surface area (Å²) in [5, 5.41) is 7.26. The van der Waals surface area contributed by atoms with Crippen LogP contribution in [0.4, 0.5) is 0 Å². The smallest absolute Gasteiger partial charge is 1.00 e. The third-order valence-corrected chi connectivity index (χ3v) is 1.24. The van der Waals surface area contributed by atoms with E-state index in [9.17, 15) is 0 Å². The van der Waals surface area contributed by atoms with Gasteiger partial charge in [-0.2, -0.15) is 0 Å². The molecule has 0 aliphatic rings. The summed E-state index contributed by atoms with van der Waals surface area (Å²) in [6.07, 6.45) is 0. The van der Waals surface area contributed by atoms with Crippen molar-refractivity contribution in [2.45, 2.75) is 0 Å². The zero-order valence-corrected chi connectivity index (χ0v) is 6.93. The molecule has 1 rings (SSSR count). The predicted molar refractivity (Wildman–Crippen MR) is 41.4 cm³/mol. The highest BCUT2D eigenvalue weighted by atomic mass is 35.5. The number of methoxy groups -OCH3 is 1. The van der Waals surface area contributed by atoms with Gasteiger partial charge in [-0.15, -0.1) is 0 Å². The highest BCUT2D eigenvalue weighted by molar-refractivity contribution is 5.91. The first kappa shape index (κ1) is 9.98. The predicted octanol–water partition coefficient (Wildman–Crippen LogP) is -1.23. The molecule has 0 fully saturated rings. The number of halogens is 1. The van der Waals surface area contributed by atoms with Gasteiger partial charge in [-0.25, -0.2) is 0 Å². The fourth-order valence-electron chi connectivity index (χ4n) is 0.707. The molecule has 0 bridgehead atoms. The van der Waals surface area contributed by atoms with Gasteiger partial charge >= 0.3 is 1.43 Å². The number of hydrogen-bond donors (Lipinski definition) is 1. The molecule has 0 aliphatic carbocycles. The summed E-state index contributed by atoms with van der Waals surface area (Å²) in [6.45, 7) is 0. The van der Waals surface area contributed by atoms with Gasteiger partial charge in [-0.05, 0) is 12.1 Å². The molecule has 0 saturated carbocycles. The van der Waals surface area contributed by atoms with Gasteiger partial charge < -0.3 is 17.1 Å². The molecule has 2 nitrogen and oxygen atoms in total. The van der Waals surface area contributed by atoms with Crippen LogP contribution in [0.5, 0.6) is 0 Å². The Labute approximate surface area is 73.6 Å². The van der Waals surface area contributed by atoms with Crippen molar-refractivity contribution >= 4 is 5.90 Å². The van der Waals surface area contributed by atoms with E-state index in [4.69, 9.17) is 10.1 Å².